The molecule has 3 aliphatic rings. The maximum absolute atomic E-state index is 13.0. The highest BCUT2D eigenvalue weighted by Gasteiger charge is 2.41. The number of fused-ring (bicyclic) bond motifs is 2. The Morgan fingerprint density at radius 2 is 1.85 bits per heavy atom. The predicted molar refractivity (Wildman–Crippen MR) is 99.2 cm³/mol. The van der Waals surface area contributed by atoms with E-state index in [2.05, 4.69) is 42.4 Å². The first-order valence-electron chi connectivity index (χ1n) is 9.95. The lowest BCUT2D eigenvalue weighted by Crippen LogP contribution is -2.41. The van der Waals surface area contributed by atoms with Gasteiger partial charge in [0, 0.05) is 32.1 Å². The van der Waals surface area contributed by atoms with Gasteiger partial charge < -0.3 is 14.7 Å². The minimum Gasteiger partial charge on any atom is -0.355 e. The summed E-state index contributed by atoms with van der Waals surface area (Å²) in [5.74, 6) is 2.67. The Balaban J connectivity index is 1.24. The lowest BCUT2D eigenvalue weighted by Gasteiger charge is -2.34. The standard InChI is InChI=1S/C18H26N8O/c1-23-7-4-13(5-8-23)18(27)25-10-14-6-9-24(11-15(14)12-25)17-3-2-16-19-21-22-26(16)20-17/h2-3,13-15H,4-12H2,1H3/t14-,15+/m0/s1. The molecule has 9 nitrogen and oxygen atoms in total. The Bertz CT molecular complexity index is 830. The van der Waals surface area contributed by atoms with Crippen molar-refractivity contribution in [3.05, 3.63) is 12.1 Å². The minimum atomic E-state index is 0.223. The van der Waals surface area contributed by atoms with Crippen LogP contribution in [-0.2, 0) is 4.79 Å². The number of piperidine rings is 2. The van der Waals surface area contributed by atoms with Crippen LogP contribution in [0.3, 0.4) is 0 Å². The van der Waals surface area contributed by atoms with Crippen molar-refractivity contribution in [2.24, 2.45) is 17.8 Å². The molecule has 0 aromatic carbocycles. The van der Waals surface area contributed by atoms with Crippen LogP contribution in [0.2, 0.25) is 0 Å². The van der Waals surface area contributed by atoms with E-state index in [9.17, 15) is 4.79 Å². The van der Waals surface area contributed by atoms with Crippen molar-refractivity contribution in [3.8, 4) is 0 Å². The van der Waals surface area contributed by atoms with E-state index in [1.54, 1.807) is 0 Å². The second-order valence-corrected chi connectivity index (χ2v) is 8.29. The maximum Gasteiger partial charge on any atom is 0.225 e. The molecule has 27 heavy (non-hydrogen) atoms. The summed E-state index contributed by atoms with van der Waals surface area (Å²) in [5.41, 5.74) is 0.657. The van der Waals surface area contributed by atoms with E-state index in [0.717, 1.165) is 64.3 Å². The smallest absolute Gasteiger partial charge is 0.225 e. The molecule has 0 saturated carbocycles. The lowest BCUT2D eigenvalue weighted by molar-refractivity contribution is -0.136. The van der Waals surface area contributed by atoms with Gasteiger partial charge in [-0.25, -0.2) is 0 Å². The number of hydrogen-bond acceptors (Lipinski definition) is 7. The van der Waals surface area contributed by atoms with Crippen molar-refractivity contribution in [1.82, 2.24) is 35.1 Å². The SMILES string of the molecule is CN1CCC(C(=O)N2C[C@@H]3CCN(c4ccc5nnnn5n4)C[C@@H]3C2)CC1. The Kier molecular flexibility index (Phi) is 4.18. The fraction of sp³-hybridized carbons (Fsp3) is 0.722. The highest BCUT2D eigenvalue weighted by Crippen LogP contribution is 2.34. The zero-order chi connectivity index (χ0) is 18.4. The number of carbonyl (C=O) groups excluding carboxylic acids is 1. The molecule has 2 aromatic heterocycles. The summed E-state index contributed by atoms with van der Waals surface area (Å²) in [6.45, 7) is 5.81. The lowest BCUT2D eigenvalue weighted by atomic mass is 9.89. The van der Waals surface area contributed by atoms with Crippen LogP contribution in [0.1, 0.15) is 19.3 Å². The highest BCUT2D eigenvalue weighted by molar-refractivity contribution is 5.79. The van der Waals surface area contributed by atoms with Gasteiger partial charge >= 0.3 is 0 Å². The molecule has 5 rings (SSSR count). The van der Waals surface area contributed by atoms with Gasteiger partial charge in [-0.05, 0) is 73.8 Å². The summed E-state index contributed by atoms with van der Waals surface area (Å²) in [4.78, 5) is 19.8. The number of rotatable bonds is 2. The highest BCUT2D eigenvalue weighted by atomic mass is 16.2. The normalized spacial score (nSPS) is 27.3. The number of amides is 1. The van der Waals surface area contributed by atoms with E-state index >= 15 is 0 Å². The predicted octanol–water partition coefficient (Wildman–Crippen LogP) is 0.146. The topological polar surface area (TPSA) is 82.8 Å². The molecule has 144 valence electrons. The van der Waals surface area contributed by atoms with Gasteiger partial charge in [0.2, 0.25) is 5.91 Å². The monoisotopic (exact) mass is 370 g/mol. The van der Waals surface area contributed by atoms with E-state index in [-0.39, 0.29) is 5.92 Å². The molecule has 3 fully saturated rings. The van der Waals surface area contributed by atoms with Gasteiger partial charge in [-0.2, -0.15) is 0 Å². The molecule has 5 heterocycles. The Morgan fingerprint density at radius 1 is 1.04 bits per heavy atom. The van der Waals surface area contributed by atoms with Crippen LogP contribution in [-0.4, -0.2) is 87.3 Å². The molecule has 0 N–H and O–H groups in total. The molecule has 1 amide bonds. The second-order valence-electron chi connectivity index (χ2n) is 8.29. The zero-order valence-electron chi connectivity index (χ0n) is 15.7. The van der Waals surface area contributed by atoms with Gasteiger partial charge in [-0.1, -0.05) is 0 Å². The average Bonchev–Trinajstić information content (AvgIpc) is 3.33. The maximum atomic E-state index is 13.0. The third-order valence-corrected chi connectivity index (χ3v) is 6.56. The van der Waals surface area contributed by atoms with Gasteiger partial charge in [-0.15, -0.1) is 14.8 Å². The third kappa shape index (κ3) is 3.13. The second kappa shape index (κ2) is 6.70. The van der Waals surface area contributed by atoms with Gasteiger partial charge in [0.1, 0.15) is 0 Å². The van der Waals surface area contributed by atoms with Crippen LogP contribution < -0.4 is 4.90 Å². The van der Waals surface area contributed by atoms with Crippen LogP contribution in [0.5, 0.6) is 0 Å². The molecule has 2 atom stereocenters. The Hall–Kier alpha value is -2.29. The zero-order valence-corrected chi connectivity index (χ0v) is 15.7. The van der Waals surface area contributed by atoms with E-state index in [0.29, 0.717) is 23.4 Å². The number of likely N-dealkylation sites (tertiary alicyclic amines) is 2. The molecule has 9 heteroatoms. The largest absolute Gasteiger partial charge is 0.355 e. The van der Waals surface area contributed by atoms with E-state index in [1.807, 2.05) is 12.1 Å². The molecule has 0 bridgehead atoms. The van der Waals surface area contributed by atoms with Crippen molar-refractivity contribution >= 4 is 17.4 Å². The molecule has 0 radical (unpaired) electrons. The number of aromatic nitrogens is 5. The molecule has 2 aromatic rings. The summed E-state index contributed by atoms with van der Waals surface area (Å²) in [5, 5.41) is 16.0. The molecule has 3 aliphatic heterocycles. The van der Waals surface area contributed by atoms with E-state index in [1.165, 1.54) is 4.63 Å². The van der Waals surface area contributed by atoms with Gasteiger partial charge in [0.25, 0.3) is 0 Å². The molecular formula is C18H26N8O. The van der Waals surface area contributed by atoms with Gasteiger partial charge in [0.15, 0.2) is 11.5 Å². The number of anilines is 1. The average molecular weight is 370 g/mol. The number of nitrogens with zero attached hydrogens (tertiary/aromatic N) is 8. The van der Waals surface area contributed by atoms with Crippen molar-refractivity contribution in [3.63, 3.8) is 0 Å². The van der Waals surface area contributed by atoms with E-state index in [4.69, 9.17) is 0 Å². The number of tetrazole rings is 1. The fourth-order valence-corrected chi connectivity index (χ4v) is 4.88. The van der Waals surface area contributed by atoms with Crippen LogP contribution in [0.25, 0.3) is 5.65 Å². The molecule has 0 unspecified atom stereocenters. The van der Waals surface area contributed by atoms with E-state index < -0.39 is 0 Å². The molecule has 3 saturated heterocycles. The van der Waals surface area contributed by atoms with Crippen molar-refractivity contribution in [1.29, 1.82) is 0 Å². The van der Waals surface area contributed by atoms with Crippen LogP contribution in [0.15, 0.2) is 12.1 Å². The van der Waals surface area contributed by atoms with Crippen molar-refractivity contribution < 1.29 is 4.79 Å². The summed E-state index contributed by atoms with van der Waals surface area (Å²) in [6, 6.07) is 3.89. The number of hydrogen-bond donors (Lipinski definition) is 0. The van der Waals surface area contributed by atoms with Gasteiger partial charge in [-0.3, -0.25) is 4.79 Å². The van der Waals surface area contributed by atoms with Gasteiger partial charge in [0.05, 0.1) is 0 Å². The van der Waals surface area contributed by atoms with Crippen LogP contribution in [0, 0.1) is 17.8 Å². The Morgan fingerprint density at radius 3 is 2.70 bits per heavy atom. The Labute approximate surface area is 158 Å². The van der Waals surface area contributed by atoms with Crippen LogP contribution >= 0.6 is 0 Å². The summed E-state index contributed by atoms with van der Waals surface area (Å²) in [7, 11) is 2.14. The molecule has 0 spiro atoms. The first kappa shape index (κ1) is 16.9. The first-order chi connectivity index (χ1) is 13.2. The van der Waals surface area contributed by atoms with Crippen molar-refractivity contribution in [2.45, 2.75) is 19.3 Å². The number of carbonyl (C=O) groups is 1. The summed E-state index contributed by atoms with van der Waals surface area (Å²) in [6.07, 6.45) is 3.11. The quantitative estimate of drug-likeness (QED) is 0.744. The summed E-state index contributed by atoms with van der Waals surface area (Å²) < 4.78 is 1.48. The van der Waals surface area contributed by atoms with Crippen molar-refractivity contribution in [2.75, 3.05) is 51.2 Å². The minimum absolute atomic E-state index is 0.223. The molecule has 0 aliphatic carbocycles. The molecular weight excluding hydrogens is 344 g/mol. The summed E-state index contributed by atoms with van der Waals surface area (Å²) >= 11 is 0. The first-order valence-corrected chi connectivity index (χ1v) is 9.95. The fourth-order valence-electron chi connectivity index (χ4n) is 4.88. The van der Waals surface area contributed by atoms with Crippen LogP contribution in [0.4, 0.5) is 5.82 Å². The third-order valence-electron chi connectivity index (χ3n) is 6.56.